The lowest BCUT2D eigenvalue weighted by atomic mass is 10.1. The molecule has 0 bridgehead atoms. The number of furan rings is 1. The van der Waals surface area contributed by atoms with Crippen molar-refractivity contribution in [3.05, 3.63) is 99.3 Å². The van der Waals surface area contributed by atoms with Crippen molar-refractivity contribution in [1.82, 2.24) is 5.43 Å². The Bertz CT molecular complexity index is 1490. The third-order valence-electron chi connectivity index (χ3n) is 5.09. The monoisotopic (exact) mass is 489 g/mol. The predicted octanol–water partition coefficient (Wildman–Crippen LogP) is 4.39. The zero-order chi connectivity index (χ0) is 25.7. The summed E-state index contributed by atoms with van der Waals surface area (Å²) in [5.74, 6) is -1.00. The number of non-ortho nitro benzene ring substituents is 1. The maximum atomic E-state index is 12.5. The minimum atomic E-state index is -1.04. The number of fused-ring (bicyclic) bond motifs is 1. The zero-order valence-corrected chi connectivity index (χ0v) is 18.8. The van der Waals surface area contributed by atoms with E-state index in [0.717, 1.165) is 0 Å². The second kappa shape index (κ2) is 10.4. The van der Waals surface area contributed by atoms with Crippen LogP contribution < -0.4 is 14.9 Å². The molecule has 0 radical (unpaired) electrons. The van der Waals surface area contributed by atoms with Crippen molar-refractivity contribution in [2.24, 2.45) is 5.10 Å². The first-order valence-corrected chi connectivity index (χ1v) is 10.5. The number of aromatic carboxylic acids is 1. The van der Waals surface area contributed by atoms with Gasteiger partial charge in [-0.3, -0.25) is 14.9 Å². The molecule has 182 valence electrons. The summed E-state index contributed by atoms with van der Waals surface area (Å²) in [4.78, 5) is 34.1. The van der Waals surface area contributed by atoms with Gasteiger partial charge in [0.2, 0.25) is 0 Å². The summed E-state index contributed by atoms with van der Waals surface area (Å²) in [6.07, 6.45) is 1.36. The number of carbonyl (C=O) groups excluding carboxylic acids is 1. The lowest BCUT2D eigenvalue weighted by molar-refractivity contribution is -0.384. The molecule has 0 aliphatic heterocycles. The normalized spacial score (nSPS) is 10.9. The molecule has 0 aliphatic carbocycles. The second-order valence-corrected chi connectivity index (χ2v) is 7.46. The number of hydrogen-bond acceptors (Lipinski definition) is 8. The van der Waals surface area contributed by atoms with Gasteiger partial charge in [0.15, 0.2) is 17.3 Å². The van der Waals surface area contributed by atoms with Crippen LogP contribution in [0.4, 0.5) is 5.69 Å². The fraction of sp³-hybridized carbons (Fsp3) is 0.0800. The van der Waals surface area contributed by atoms with E-state index in [1.165, 1.54) is 49.7 Å². The highest BCUT2D eigenvalue weighted by Crippen LogP contribution is 2.31. The van der Waals surface area contributed by atoms with Crippen LogP contribution in [0.25, 0.3) is 11.0 Å². The maximum absolute atomic E-state index is 12.5. The third kappa shape index (κ3) is 5.30. The molecule has 0 spiro atoms. The highest BCUT2D eigenvalue weighted by Gasteiger charge is 2.15. The molecule has 11 nitrogen and oxygen atoms in total. The molecule has 0 atom stereocenters. The van der Waals surface area contributed by atoms with Crippen LogP contribution in [0.5, 0.6) is 11.5 Å². The Morgan fingerprint density at radius 3 is 2.69 bits per heavy atom. The number of nitrogens with zero attached hydrogens (tertiary/aromatic N) is 2. The number of hydrogen-bond donors (Lipinski definition) is 2. The molecule has 11 heteroatoms. The maximum Gasteiger partial charge on any atom is 0.335 e. The standard InChI is InChI=1S/C25H19N3O8/c1-34-21-7-3-6-17(23(21)35-14-15-4-2-5-16(10-15)25(30)31)13-26-27-24(29)22-12-18-11-19(28(32)33)8-9-20(18)36-22/h2-13H,14H2,1H3,(H,27,29)(H,30,31). The predicted molar refractivity (Wildman–Crippen MR) is 129 cm³/mol. The van der Waals surface area contributed by atoms with Crippen molar-refractivity contribution in [2.45, 2.75) is 6.61 Å². The number of ether oxygens (including phenoxy) is 2. The van der Waals surface area contributed by atoms with E-state index in [9.17, 15) is 24.8 Å². The summed E-state index contributed by atoms with van der Waals surface area (Å²) in [7, 11) is 1.47. The molecule has 2 N–H and O–H groups in total. The fourth-order valence-corrected chi connectivity index (χ4v) is 3.37. The van der Waals surface area contributed by atoms with Gasteiger partial charge in [-0.25, -0.2) is 10.2 Å². The Kier molecular flexibility index (Phi) is 6.91. The summed E-state index contributed by atoms with van der Waals surface area (Å²) in [6.45, 7) is 0.0693. The number of carboxylic acids is 1. The highest BCUT2D eigenvalue weighted by molar-refractivity contribution is 5.97. The minimum absolute atomic E-state index is 0.0666. The van der Waals surface area contributed by atoms with E-state index < -0.39 is 16.8 Å². The van der Waals surface area contributed by atoms with Gasteiger partial charge in [-0.15, -0.1) is 0 Å². The van der Waals surface area contributed by atoms with Crippen molar-refractivity contribution in [3.8, 4) is 11.5 Å². The van der Waals surface area contributed by atoms with Gasteiger partial charge in [-0.05, 0) is 42.0 Å². The third-order valence-corrected chi connectivity index (χ3v) is 5.09. The first kappa shape index (κ1) is 24.0. The summed E-state index contributed by atoms with van der Waals surface area (Å²) >= 11 is 0. The number of nitro groups is 1. The molecule has 3 aromatic carbocycles. The van der Waals surface area contributed by atoms with Crippen LogP contribution >= 0.6 is 0 Å². The Hall–Kier alpha value is -5.19. The molecule has 4 rings (SSSR count). The van der Waals surface area contributed by atoms with Crippen LogP contribution in [0.3, 0.4) is 0 Å². The summed E-state index contributed by atoms with van der Waals surface area (Å²) < 4.78 is 16.7. The van der Waals surface area contributed by atoms with Gasteiger partial charge in [-0.2, -0.15) is 5.10 Å². The van der Waals surface area contributed by atoms with Gasteiger partial charge in [-0.1, -0.05) is 18.2 Å². The van der Waals surface area contributed by atoms with Crippen LogP contribution in [-0.4, -0.2) is 35.2 Å². The van der Waals surface area contributed by atoms with E-state index in [-0.39, 0.29) is 23.6 Å². The molecule has 0 fully saturated rings. The number of carbonyl (C=O) groups is 2. The molecule has 0 saturated carbocycles. The molecular formula is C25H19N3O8. The Morgan fingerprint density at radius 1 is 1.14 bits per heavy atom. The summed E-state index contributed by atoms with van der Waals surface area (Å²) in [5, 5.41) is 24.5. The first-order chi connectivity index (χ1) is 17.4. The Morgan fingerprint density at radius 2 is 1.94 bits per heavy atom. The average Bonchev–Trinajstić information content (AvgIpc) is 3.31. The van der Waals surface area contributed by atoms with E-state index in [1.807, 2.05) is 0 Å². The number of nitro benzene ring substituents is 1. The van der Waals surface area contributed by atoms with Crippen molar-refractivity contribution in [2.75, 3.05) is 7.11 Å². The van der Waals surface area contributed by atoms with Crippen LogP contribution in [0.2, 0.25) is 0 Å². The number of nitrogens with one attached hydrogen (secondary N) is 1. The zero-order valence-electron chi connectivity index (χ0n) is 18.8. The second-order valence-electron chi connectivity index (χ2n) is 7.46. The number of hydrazone groups is 1. The molecular weight excluding hydrogens is 470 g/mol. The average molecular weight is 489 g/mol. The number of carboxylic acid groups (broad SMARTS) is 1. The molecule has 0 unspecified atom stereocenters. The summed E-state index contributed by atoms with van der Waals surface area (Å²) in [5.41, 5.74) is 3.82. The lowest BCUT2D eigenvalue weighted by Crippen LogP contribution is -2.16. The highest BCUT2D eigenvalue weighted by atomic mass is 16.6. The minimum Gasteiger partial charge on any atom is -0.493 e. The van der Waals surface area contributed by atoms with E-state index in [0.29, 0.717) is 33.6 Å². The van der Waals surface area contributed by atoms with Crippen LogP contribution in [-0.2, 0) is 6.61 Å². The van der Waals surface area contributed by atoms with Crippen molar-refractivity contribution >= 4 is 34.7 Å². The van der Waals surface area contributed by atoms with Crippen LogP contribution in [0.1, 0.15) is 32.0 Å². The SMILES string of the molecule is COc1cccc(C=NNC(=O)c2cc3cc([N+](=O)[O-])ccc3o2)c1OCc1cccc(C(=O)O)c1. The van der Waals surface area contributed by atoms with Gasteiger partial charge >= 0.3 is 11.9 Å². The van der Waals surface area contributed by atoms with Gasteiger partial charge < -0.3 is 19.0 Å². The fourth-order valence-electron chi connectivity index (χ4n) is 3.37. The van der Waals surface area contributed by atoms with Crippen molar-refractivity contribution < 1.29 is 33.5 Å². The van der Waals surface area contributed by atoms with E-state index in [4.69, 9.17) is 13.9 Å². The Balaban J connectivity index is 1.49. The number of benzene rings is 3. The van der Waals surface area contributed by atoms with E-state index >= 15 is 0 Å². The molecule has 0 aliphatic rings. The molecule has 4 aromatic rings. The van der Waals surface area contributed by atoms with Crippen LogP contribution in [0, 0.1) is 10.1 Å². The smallest absolute Gasteiger partial charge is 0.335 e. The molecule has 1 heterocycles. The molecule has 0 saturated heterocycles. The molecule has 1 aromatic heterocycles. The topological polar surface area (TPSA) is 154 Å². The van der Waals surface area contributed by atoms with Crippen molar-refractivity contribution in [1.29, 1.82) is 0 Å². The Labute approximate surface area is 203 Å². The largest absolute Gasteiger partial charge is 0.493 e. The molecule has 1 amide bonds. The lowest BCUT2D eigenvalue weighted by Gasteiger charge is -2.13. The van der Waals surface area contributed by atoms with Gasteiger partial charge in [0, 0.05) is 23.1 Å². The van der Waals surface area contributed by atoms with E-state index in [2.05, 4.69) is 10.5 Å². The van der Waals surface area contributed by atoms with Gasteiger partial charge in [0.1, 0.15) is 12.2 Å². The van der Waals surface area contributed by atoms with Gasteiger partial charge in [0.05, 0.1) is 23.8 Å². The van der Waals surface area contributed by atoms with Crippen molar-refractivity contribution in [3.63, 3.8) is 0 Å². The molecule has 36 heavy (non-hydrogen) atoms. The first-order valence-electron chi connectivity index (χ1n) is 10.5. The number of methoxy groups -OCH3 is 1. The number of rotatable bonds is 9. The van der Waals surface area contributed by atoms with Gasteiger partial charge in [0.25, 0.3) is 5.69 Å². The summed E-state index contributed by atoms with van der Waals surface area (Å²) in [6, 6.07) is 16.8. The van der Waals surface area contributed by atoms with E-state index in [1.54, 1.807) is 30.3 Å². The number of para-hydroxylation sites is 1. The van der Waals surface area contributed by atoms with Crippen LogP contribution in [0.15, 0.2) is 76.2 Å². The quantitative estimate of drug-likeness (QED) is 0.199. The number of amides is 1.